The number of hydrogen-bond acceptors (Lipinski definition) is 5. The van der Waals surface area contributed by atoms with E-state index < -0.39 is 12.8 Å². The molecule has 0 radical (unpaired) electrons. The van der Waals surface area contributed by atoms with Crippen LogP contribution in [0, 0.1) is 0 Å². The molecule has 1 aliphatic rings. The lowest BCUT2D eigenvalue weighted by Crippen LogP contribution is -2.44. The van der Waals surface area contributed by atoms with Gasteiger partial charge in [0.25, 0.3) is 0 Å². The summed E-state index contributed by atoms with van der Waals surface area (Å²) in [5, 5.41) is 4.73. The molecule has 0 aliphatic carbocycles. The van der Waals surface area contributed by atoms with Crippen LogP contribution in [0.1, 0.15) is 10.9 Å². The number of rotatable bonds is 7. The number of thiophene rings is 1. The van der Waals surface area contributed by atoms with Gasteiger partial charge in [0, 0.05) is 43.3 Å². The third kappa shape index (κ3) is 6.61. The average molecular weight is 443 g/mol. The van der Waals surface area contributed by atoms with Crippen LogP contribution in [-0.2, 0) is 4.74 Å². The van der Waals surface area contributed by atoms with Crippen LogP contribution in [0.25, 0.3) is 0 Å². The predicted molar refractivity (Wildman–Crippen MR) is 109 cm³/mol. The zero-order valence-electron chi connectivity index (χ0n) is 16.5. The molecule has 2 amide bonds. The van der Waals surface area contributed by atoms with Crippen LogP contribution in [0.2, 0.25) is 0 Å². The minimum Gasteiger partial charge on any atom is -0.484 e. The van der Waals surface area contributed by atoms with Crippen LogP contribution < -0.4 is 10.1 Å². The van der Waals surface area contributed by atoms with Gasteiger partial charge in [0.15, 0.2) is 6.61 Å². The van der Waals surface area contributed by atoms with Crippen molar-refractivity contribution in [1.82, 2.24) is 9.80 Å². The normalized spacial score (nSPS) is 16.1. The maximum atomic E-state index is 12.7. The molecule has 164 valence electrons. The number of benzene rings is 1. The minimum absolute atomic E-state index is 0.0394. The Kier molecular flexibility index (Phi) is 7.57. The van der Waals surface area contributed by atoms with Crippen molar-refractivity contribution in [2.75, 3.05) is 51.8 Å². The number of nitrogens with one attached hydrogen (secondary N) is 1. The molecule has 1 fully saturated rings. The van der Waals surface area contributed by atoms with Gasteiger partial charge in [-0.25, -0.2) is 4.79 Å². The fourth-order valence-corrected chi connectivity index (χ4v) is 4.00. The number of hydrogen-bond donors (Lipinski definition) is 1. The van der Waals surface area contributed by atoms with Crippen LogP contribution in [0.15, 0.2) is 41.8 Å². The van der Waals surface area contributed by atoms with Gasteiger partial charge >= 0.3 is 12.2 Å². The molecule has 30 heavy (non-hydrogen) atoms. The smallest absolute Gasteiger partial charge is 0.422 e. The topological polar surface area (TPSA) is 54.0 Å². The van der Waals surface area contributed by atoms with Crippen LogP contribution >= 0.6 is 11.3 Å². The van der Waals surface area contributed by atoms with E-state index in [0.29, 0.717) is 25.4 Å². The number of likely N-dealkylation sites (N-methyl/N-ethyl adjacent to an activating group) is 1. The summed E-state index contributed by atoms with van der Waals surface area (Å²) in [6.07, 6.45) is -4.42. The fraction of sp³-hybridized carbons (Fsp3) is 0.450. The Balaban J connectivity index is 1.61. The van der Waals surface area contributed by atoms with E-state index in [0.717, 1.165) is 13.1 Å². The minimum atomic E-state index is -4.42. The number of halogens is 3. The van der Waals surface area contributed by atoms with Gasteiger partial charge in [0.1, 0.15) is 5.75 Å². The van der Waals surface area contributed by atoms with E-state index in [1.165, 1.54) is 23.1 Å². The van der Waals surface area contributed by atoms with Crippen molar-refractivity contribution >= 4 is 23.1 Å². The number of alkyl halides is 3. The highest BCUT2D eigenvalue weighted by atomic mass is 32.1. The summed E-state index contributed by atoms with van der Waals surface area (Å²) in [6.45, 7) is 1.97. The molecule has 2 aromatic rings. The summed E-state index contributed by atoms with van der Waals surface area (Å²) in [4.78, 5) is 17.7. The first-order valence-electron chi connectivity index (χ1n) is 9.49. The Hall–Kier alpha value is -2.30. The van der Waals surface area contributed by atoms with Gasteiger partial charge in [-0.1, -0.05) is 12.1 Å². The number of urea groups is 1. The van der Waals surface area contributed by atoms with Gasteiger partial charge in [-0.2, -0.15) is 13.2 Å². The average Bonchev–Trinajstić information content (AvgIpc) is 3.25. The number of amides is 2. The second-order valence-corrected chi connectivity index (χ2v) is 7.90. The van der Waals surface area contributed by atoms with Crippen molar-refractivity contribution in [2.24, 2.45) is 0 Å². The Labute approximate surface area is 177 Å². The third-order valence-electron chi connectivity index (χ3n) is 4.64. The lowest BCUT2D eigenvalue weighted by molar-refractivity contribution is -0.153. The molecule has 1 unspecified atom stereocenters. The lowest BCUT2D eigenvalue weighted by Gasteiger charge is -2.36. The van der Waals surface area contributed by atoms with Crippen molar-refractivity contribution in [3.05, 3.63) is 46.7 Å². The maximum absolute atomic E-state index is 12.7. The number of ether oxygens (including phenoxy) is 2. The summed E-state index contributed by atoms with van der Waals surface area (Å²) >= 11 is 1.64. The summed E-state index contributed by atoms with van der Waals surface area (Å²) in [5.41, 5.74) is 0.366. The molecule has 1 aromatic heterocycles. The summed E-state index contributed by atoms with van der Waals surface area (Å²) < 4.78 is 47.2. The number of anilines is 1. The standard InChI is InChI=1S/C20H24F3N3O3S/c1-25(13-17(18-6-3-11-30-18)26-7-9-28-10-8-26)19(27)24-15-4-2-5-16(12-15)29-14-20(21,22)23/h2-6,11-12,17H,7-10,13-14H2,1H3,(H,24,27). The molecule has 1 aliphatic heterocycles. The summed E-state index contributed by atoms with van der Waals surface area (Å²) in [7, 11) is 1.69. The van der Waals surface area contributed by atoms with Crippen molar-refractivity contribution < 1.29 is 27.4 Å². The SMILES string of the molecule is CN(CC(c1cccs1)N1CCOCC1)C(=O)Nc1cccc(OCC(F)(F)F)c1. The van der Waals surface area contributed by atoms with Crippen molar-refractivity contribution in [2.45, 2.75) is 12.2 Å². The number of nitrogens with zero attached hydrogens (tertiary/aromatic N) is 2. The molecular formula is C20H24F3N3O3S. The fourth-order valence-electron chi connectivity index (χ4n) is 3.15. The van der Waals surface area contributed by atoms with E-state index >= 15 is 0 Å². The van der Waals surface area contributed by atoms with Crippen molar-refractivity contribution in [3.63, 3.8) is 0 Å². The third-order valence-corrected chi connectivity index (χ3v) is 5.61. The predicted octanol–water partition coefficient (Wildman–Crippen LogP) is 4.23. The molecule has 6 nitrogen and oxygen atoms in total. The highest BCUT2D eigenvalue weighted by Crippen LogP contribution is 2.27. The molecule has 1 atom stereocenters. The van der Waals surface area contributed by atoms with Gasteiger partial charge in [-0.15, -0.1) is 11.3 Å². The maximum Gasteiger partial charge on any atom is 0.422 e. The molecule has 2 heterocycles. The second-order valence-electron chi connectivity index (χ2n) is 6.92. The zero-order valence-corrected chi connectivity index (χ0v) is 17.3. The summed E-state index contributed by atoms with van der Waals surface area (Å²) in [6, 6.07) is 9.66. The van der Waals surface area contributed by atoms with Crippen LogP contribution in [0.3, 0.4) is 0 Å². The van der Waals surface area contributed by atoms with E-state index in [-0.39, 0.29) is 17.8 Å². The molecule has 0 saturated carbocycles. The zero-order chi connectivity index (χ0) is 21.6. The largest absolute Gasteiger partial charge is 0.484 e. The summed E-state index contributed by atoms with van der Waals surface area (Å²) in [5.74, 6) is 0.0394. The van der Waals surface area contributed by atoms with Crippen LogP contribution in [0.4, 0.5) is 23.7 Å². The molecule has 10 heteroatoms. The molecule has 3 rings (SSSR count). The molecular weight excluding hydrogens is 419 g/mol. The van der Waals surface area contributed by atoms with E-state index in [9.17, 15) is 18.0 Å². The van der Waals surface area contributed by atoms with E-state index in [1.54, 1.807) is 29.4 Å². The first-order valence-corrected chi connectivity index (χ1v) is 10.4. The van der Waals surface area contributed by atoms with Crippen LogP contribution in [0.5, 0.6) is 5.75 Å². The van der Waals surface area contributed by atoms with Crippen LogP contribution in [-0.4, -0.2) is 68.5 Å². The van der Waals surface area contributed by atoms with E-state index in [2.05, 4.69) is 16.3 Å². The van der Waals surface area contributed by atoms with Gasteiger partial charge in [-0.3, -0.25) is 4.90 Å². The van der Waals surface area contributed by atoms with Gasteiger partial charge in [0.05, 0.1) is 19.3 Å². The van der Waals surface area contributed by atoms with Gasteiger partial charge in [-0.05, 0) is 23.6 Å². The molecule has 1 aromatic carbocycles. The van der Waals surface area contributed by atoms with E-state index in [4.69, 9.17) is 9.47 Å². The molecule has 0 bridgehead atoms. The monoisotopic (exact) mass is 443 g/mol. The highest BCUT2D eigenvalue weighted by molar-refractivity contribution is 7.10. The first-order chi connectivity index (χ1) is 14.3. The van der Waals surface area contributed by atoms with Gasteiger partial charge in [0.2, 0.25) is 0 Å². The molecule has 0 spiro atoms. The van der Waals surface area contributed by atoms with Crippen molar-refractivity contribution in [1.29, 1.82) is 0 Å². The van der Waals surface area contributed by atoms with Crippen molar-refractivity contribution in [3.8, 4) is 5.75 Å². The lowest BCUT2D eigenvalue weighted by atomic mass is 10.1. The molecule has 1 N–H and O–H groups in total. The van der Waals surface area contributed by atoms with E-state index in [1.807, 2.05) is 11.4 Å². The number of carbonyl (C=O) groups is 1. The number of carbonyl (C=O) groups excluding carboxylic acids is 1. The molecule has 1 saturated heterocycles. The second kappa shape index (κ2) is 10.1. The Bertz CT molecular complexity index is 811. The number of morpholine rings is 1. The Morgan fingerprint density at radius 3 is 2.73 bits per heavy atom. The van der Waals surface area contributed by atoms with Gasteiger partial charge < -0.3 is 19.7 Å². The Morgan fingerprint density at radius 2 is 2.07 bits per heavy atom. The highest BCUT2D eigenvalue weighted by Gasteiger charge is 2.29. The first kappa shape index (κ1) is 22.4. The Morgan fingerprint density at radius 1 is 1.30 bits per heavy atom. The quantitative estimate of drug-likeness (QED) is 0.696.